The van der Waals surface area contributed by atoms with Crippen LogP contribution in [0.1, 0.15) is 33.6 Å². The van der Waals surface area contributed by atoms with Crippen LogP contribution in [0.25, 0.3) is 0 Å². The molecule has 16 heavy (non-hydrogen) atoms. The summed E-state index contributed by atoms with van der Waals surface area (Å²) >= 11 is 0. The first kappa shape index (κ1) is 18.6. The Bertz CT molecular complexity index is 346. The van der Waals surface area contributed by atoms with Crippen molar-refractivity contribution in [3.05, 3.63) is 0 Å². The van der Waals surface area contributed by atoms with Crippen molar-refractivity contribution in [3.63, 3.8) is 0 Å². The first-order valence-electron chi connectivity index (χ1n) is 4.55. The van der Waals surface area contributed by atoms with E-state index >= 15 is 0 Å². The van der Waals surface area contributed by atoms with E-state index in [1.54, 1.807) is 0 Å². The Morgan fingerprint density at radius 1 is 1.19 bits per heavy atom. The zero-order chi connectivity index (χ0) is 12.3. The Morgan fingerprint density at radius 3 is 1.81 bits per heavy atom. The molecule has 0 saturated carbocycles. The van der Waals surface area contributed by atoms with Gasteiger partial charge in [-0.15, -0.1) is 0 Å². The number of hydrogen-bond donors (Lipinski definition) is 0. The van der Waals surface area contributed by atoms with E-state index < -0.39 is 21.3 Å². The molecule has 0 atom stereocenters. The summed E-state index contributed by atoms with van der Waals surface area (Å²) in [5.41, 5.74) is -1.16. The van der Waals surface area contributed by atoms with E-state index in [4.69, 9.17) is 0 Å². The van der Waals surface area contributed by atoms with E-state index in [0.29, 0.717) is 0 Å². The van der Waals surface area contributed by atoms with E-state index in [-0.39, 0.29) is 54.0 Å². The predicted octanol–water partition coefficient (Wildman–Crippen LogP) is -2.50. The fraction of sp³-hybridized carbons (Fsp3) is 0.778. The minimum absolute atomic E-state index is 0. The van der Waals surface area contributed by atoms with Crippen molar-refractivity contribution in [1.82, 2.24) is 0 Å². The Kier molecular flexibility index (Phi) is 7.98. The SMILES string of the molecule is CC(=O)C(C)(CCCS(=O)(=O)[O-])C(C)=O.[Na+]. The van der Waals surface area contributed by atoms with Crippen molar-refractivity contribution in [2.24, 2.45) is 5.41 Å². The van der Waals surface area contributed by atoms with Crippen molar-refractivity contribution in [3.8, 4) is 0 Å². The van der Waals surface area contributed by atoms with Gasteiger partial charge in [0.25, 0.3) is 0 Å². The molecule has 0 heterocycles. The number of rotatable bonds is 6. The number of Topliss-reactive ketones (excluding diaryl/α,β-unsaturated/α-hetero) is 2. The molecule has 0 aliphatic rings. The van der Waals surface area contributed by atoms with E-state index in [2.05, 4.69) is 0 Å². The molecule has 0 N–H and O–H groups in total. The second-order valence-electron chi connectivity index (χ2n) is 3.81. The Balaban J connectivity index is 0. The molecule has 0 fully saturated rings. The van der Waals surface area contributed by atoms with Crippen LogP contribution in [0.2, 0.25) is 0 Å². The van der Waals surface area contributed by atoms with Crippen molar-refractivity contribution < 1.29 is 52.1 Å². The molecule has 5 nitrogen and oxygen atoms in total. The van der Waals surface area contributed by atoms with Gasteiger partial charge in [-0.05, 0) is 33.6 Å². The van der Waals surface area contributed by atoms with Gasteiger partial charge in [0.05, 0.1) is 15.5 Å². The first-order valence-corrected chi connectivity index (χ1v) is 6.13. The van der Waals surface area contributed by atoms with Crippen LogP contribution in [-0.2, 0) is 19.7 Å². The van der Waals surface area contributed by atoms with E-state index in [1.807, 2.05) is 0 Å². The fourth-order valence-electron chi connectivity index (χ4n) is 1.20. The van der Waals surface area contributed by atoms with Gasteiger partial charge in [0.2, 0.25) is 0 Å². The maximum absolute atomic E-state index is 11.2. The molecule has 0 rings (SSSR count). The van der Waals surface area contributed by atoms with E-state index in [1.165, 1.54) is 20.8 Å². The molecule has 0 aromatic rings. The molecule has 0 aromatic heterocycles. The summed E-state index contributed by atoms with van der Waals surface area (Å²) in [6.07, 6.45) is 0.126. The monoisotopic (exact) mass is 258 g/mol. The van der Waals surface area contributed by atoms with Gasteiger partial charge in [-0.1, -0.05) is 0 Å². The molecule has 0 aliphatic heterocycles. The van der Waals surface area contributed by atoms with Crippen molar-refractivity contribution in [1.29, 1.82) is 0 Å². The Hall–Kier alpha value is 0.250. The number of carbonyl (C=O) groups is 2. The molecule has 0 saturated heterocycles. The number of hydrogen-bond acceptors (Lipinski definition) is 5. The molecule has 0 spiro atoms. The maximum atomic E-state index is 11.2. The zero-order valence-corrected chi connectivity index (χ0v) is 12.9. The first-order chi connectivity index (χ1) is 6.59. The Labute approximate surface area is 118 Å². The van der Waals surface area contributed by atoms with Gasteiger partial charge in [-0.2, -0.15) is 0 Å². The van der Waals surface area contributed by atoms with E-state index in [0.717, 1.165) is 0 Å². The molecule has 88 valence electrons. The molecular weight excluding hydrogens is 243 g/mol. The van der Waals surface area contributed by atoms with Gasteiger partial charge in [-0.25, -0.2) is 8.42 Å². The molecule has 0 aromatic carbocycles. The molecule has 0 amide bonds. The number of ketones is 2. The smallest absolute Gasteiger partial charge is 0.748 e. The third-order valence-electron chi connectivity index (χ3n) is 2.63. The van der Waals surface area contributed by atoms with Crippen molar-refractivity contribution in [2.45, 2.75) is 33.6 Å². The molecule has 7 heteroatoms. The minimum atomic E-state index is -4.27. The fourth-order valence-corrected chi connectivity index (χ4v) is 1.70. The summed E-state index contributed by atoms with van der Waals surface area (Å²) in [5, 5.41) is 0. The van der Waals surface area contributed by atoms with Crippen LogP contribution < -0.4 is 29.6 Å². The molecule has 0 unspecified atom stereocenters. The third kappa shape index (κ3) is 6.10. The van der Waals surface area contributed by atoms with Crippen LogP contribution in [0.5, 0.6) is 0 Å². The quantitative estimate of drug-likeness (QED) is 0.298. The summed E-state index contributed by atoms with van der Waals surface area (Å²) in [5.74, 6) is -1.15. The van der Waals surface area contributed by atoms with E-state index in [9.17, 15) is 22.6 Å². The van der Waals surface area contributed by atoms with Crippen molar-refractivity contribution in [2.75, 3.05) is 5.75 Å². The van der Waals surface area contributed by atoms with Crippen LogP contribution >= 0.6 is 0 Å². The van der Waals surface area contributed by atoms with Gasteiger partial charge < -0.3 is 4.55 Å². The summed E-state index contributed by atoms with van der Waals surface area (Å²) in [4.78, 5) is 22.4. The van der Waals surface area contributed by atoms with Crippen LogP contribution in [0.4, 0.5) is 0 Å². The largest absolute Gasteiger partial charge is 1.00 e. The van der Waals surface area contributed by atoms with Gasteiger partial charge in [0, 0.05) is 5.75 Å². The summed E-state index contributed by atoms with van der Waals surface area (Å²) in [6.45, 7) is 4.04. The minimum Gasteiger partial charge on any atom is -0.748 e. The van der Waals surface area contributed by atoms with Crippen molar-refractivity contribution >= 4 is 21.7 Å². The molecular formula is C9H15NaO5S. The second kappa shape index (κ2) is 6.86. The topological polar surface area (TPSA) is 91.3 Å². The summed E-state index contributed by atoms with van der Waals surface area (Å²) in [7, 11) is -4.27. The average molecular weight is 258 g/mol. The summed E-state index contributed by atoms with van der Waals surface area (Å²) < 4.78 is 31.0. The molecule has 0 radical (unpaired) electrons. The van der Waals surface area contributed by atoms with Gasteiger partial charge in [0.1, 0.15) is 11.6 Å². The zero-order valence-electron chi connectivity index (χ0n) is 10.1. The average Bonchev–Trinajstić information content (AvgIpc) is 2.00. The number of carbonyl (C=O) groups excluding carboxylic acids is 2. The maximum Gasteiger partial charge on any atom is 1.00 e. The van der Waals surface area contributed by atoms with Crippen LogP contribution in [0, 0.1) is 5.41 Å². The second-order valence-corrected chi connectivity index (χ2v) is 5.33. The van der Waals surface area contributed by atoms with Gasteiger partial charge in [-0.3, -0.25) is 9.59 Å². The van der Waals surface area contributed by atoms with Gasteiger partial charge in [0.15, 0.2) is 0 Å². The molecule has 0 aliphatic carbocycles. The summed E-state index contributed by atoms with van der Waals surface area (Å²) in [6, 6.07) is 0. The molecule has 0 bridgehead atoms. The normalized spacial score (nSPS) is 11.8. The van der Waals surface area contributed by atoms with Gasteiger partial charge >= 0.3 is 29.6 Å². The third-order valence-corrected chi connectivity index (χ3v) is 3.41. The van der Waals surface area contributed by atoms with Crippen LogP contribution in [0.15, 0.2) is 0 Å². The van der Waals surface area contributed by atoms with Crippen LogP contribution in [0.3, 0.4) is 0 Å². The predicted molar refractivity (Wildman–Crippen MR) is 53.3 cm³/mol. The Morgan fingerprint density at radius 2 is 1.56 bits per heavy atom. The standard InChI is InChI=1S/C9H16O5S.Na/c1-7(10)9(3,8(2)11)5-4-6-15(12,13)14;/h4-6H2,1-3H3,(H,12,13,14);/q;+1/p-1. The van der Waals surface area contributed by atoms with Crippen LogP contribution in [-0.4, -0.2) is 30.3 Å².